The molecule has 0 amide bonds. The number of allylic oxidation sites excluding steroid dienone is 6. The van der Waals surface area contributed by atoms with E-state index in [0.717, 1.165) is 30.6 Å². The highest BCUT2D eigenvalue weighted by Gasteiger charge is 2.46. The number of fused-ring (bicyclic) bond motifs is 7. The van der Waals surface area contributed by atoms with Gasteiger partial charge in [-0.25, -0.2) is 0 Å². The third kappa shape index (κ3) is 5.69. The lowest BCUT2D eigenvalue weighted by Gasteiger charge is -2.35. The van der Waals surface area contributed by atoms with Gasteiger partial charge in [0.1, 0.15) is 0 Å². The molecule has 0 bridgehead atoms. The average Bonchev–Trinajstić information content (AvgIpc) is 3.78. The van der Waals surface area contributed by atoms with Crippen LogP contribution in [-0.4, -0.2) is 0 Å². The quantitative estimate of drug-likeness (QED) is 0.155. The monoisotopic (exact) mass is 807 g/mol. The Balaban J connectivity index is 1.08. The normalized spacial score (nSPS) is 17.2. The minimum atomic E-state index is -0.459. The van der Waals surface area contributed by atoms with Crippen LogP contribution in [0.15, 0.2) is 224 Å². The molecule has 8 aromatic carbocycles. The molecule has 1 nitrogen and oxygen atoms in total. The van der Waals surface area contributed by atoms with E-state index >= 15 is 0 Å². The Labute approximate surface area is 372 Å². The van der Waals surface area contributed by atoms with E-state index in [2.05, 4.69) is 237 Å². The lowest BCUT2D eigenvalue weighted by Crippen LogP contribution is -2.28. The maximum absolute atomic E-state index is 2.57. The zero-order chi connectivity index (χ0) is 42.1. The van der Waals surface area contributed by atoms with E-state index in [4.69, 9.17) is 0 Å². The highest BCUT2D eigenvalue weighted by atomic mass is 15.1. The molecule has 4 aliphatic rings. The Morgan fingerprint density at radius 1 is 0.492 bits per heavy atom. The van der Waals surface area contributed by atoms with Gasteiger partial charge in [0.25, 0.3) is 0 Å². The SMILES string of the molecule is CC1(C)c2ccccc2-c2c(N(c3ccccc3)c3cccc(C4=C(c5ccc6c(c5)C(c5ccccc5)(c5ccccc5)c5ccccc5-6)C5=CC=CCC5CC4)c3)cccc21. The van der Waals surface area contributed by atoms with Crippen LogP contribution in [0.25, 0.3) is 33.4 Å². The summed E-state index contributed by atoms with van der Waals surface area (Å²) in [6, 6.07) is 75.1. The van der Waals surface area contributed by atoms with Gasteiger partial charge in [-0.1, -0.05) is 196 Å². The first-order valence-electron chi connectivity index (χ1n) is 22.7. The summed E-state index contributed by atoms with van der Waals surface area (Å²) in [7, 11) is 0. The fourth-order valence-electron chi connectivity index (χ4n) is 11.8. The maximum Gasteiger partial charge on any atom is 0.0713 e. The van der Waals surface area contributed by atoms with E-state index < -0.39 is 5.41 Å². The van der Waals surface area contributed by atoms with Gasteiger partial charge in [-0.15, -0.1) is 0 Å². The molecule has 302 valence electrons. The Hall–Kier alpha value is -7.22. The summed E-state index contributed by atoms with van der Waals surface area (Å²) >= 11 is 0. The fourth-order valence-corrected chi connectivity index (χ4v) is 11.8. The lowest BCUT2D eigenvalue weighted by atomic mass is 9.67. The minimum Gasteiger partial charge on any atom is -0.310 e. The van der Waals surface area contributed by atoms with Crippen LogP contribution in [0.1, 0.15) is 77.6 Å². The zero-order valence-corrected chi connectivity index (χ0v) is 35.9. The number of nitrogens with zero attached hydrogens (tertiary/aromatic N) is 1. The second-order valence-electron chi connectivity index (χ2n) is 18.3. The van der Waals surface area contributed by atoms with Gasteiger partial charge in [0, 0.05) is 22.4 Å². The van der Waals surface area contributed by atoms with E-state index in [-0.39, 0.29) is 5.41 Å². The third-order valence-corrected chi connectivity index (χ3v) is 14.6. The molecule has 1 heteroatoms. The van der Waals surface area contributed by atoms with Gasteiger partial charge in [0.2, 0.25) is 0 Å². The second kappa shape index (κ2) is 14.7. The molecule has 0 saturated heterocycles. The van der Waals surface area contributed by atoms with Gasteiger partial charge in [-0.05, 0) is 139 Å². The summed E-state index contributed by atoms with van der Waals surface area (Å²) in [6.45, 7) is 4.74. The van der Waals surface area contributed by atoms with Crippen molar-refractivity contribution < 1.29 is 0 Å². The molecule has 63 heavy (non-hydrogen) atoms. The Morgan fingerprint density at radius 3 is 1.87 bits per heavy atom. The Morgan fingerprint density at radius 2 is 1.11 bits per heavy atom. The molecule has 0 fully saturated rings. The number of para-hydroxylation sites is 1. The summed E-state index contributed by atoms with van der Waals surface area (Å²) in [5.41, 5.74) is 23.2. The van der Waals surface area contributed by atoms with Crippen molar-refractivity contribution in [1.82, 2.24) is 0 Å². The molecule has 0 aliphatic heterocycles. The first kappa shape index (κ1) is 37.5. The van der Waals surface area contributed by atoms with Crippen molar-refractivity contribution in [3.8, 4) is 22.3 Å². The highest BCUT2D eigenvalue weighted by Crippen LogP contribution is 2.58. The second-order valence-corrected chi connectivity index (χ2v) is 18.3. The van der Waals surface area contributed by atoms with E-state index in [1.165, 1.54) is 89.2 Å². The smallest absolute Gasteiger partial charge is 0.0713 e. The number of benzene rings is 8. The average molecular weight is 808 g/mol. The van der Waals surface area contributed by atoms with Gasteiger partial charge < -0.3 is 4.90 Å². The van der Waals surface area contributed by atoms with Crippen molar-refractivity contribution >= 4 is 28.2 Å². The number of anilines is 3. The minimum absolute atomic E-state index is 0.0947. The van der Waals surface area contributed by atoms with Crippen molar-refractivity contribution in [1.29, 1.82) is 0 Å². The predicted molar refractivity (Wildman–Crippen MR) is 264 cm³/mol. The molecule has 0 aromatic heterocycles. The Bertz CT molecular complexity index is 3120. The molecule has 12 rings (SSSR count). The number of hydrogen-bond donors (Lipinski definition) is 0. The van der Waals surface area contributed by atoms with Crippen LogP contribution < -0.4 is 4.90 Å². The molecule has 8 aromatic rings. The predicted octanol–water partition coefficient (Wildman–Crippen LogP) is 16.0. The standard InChI is InChI=1S/C62H49N/c1-61(2)54-32-16-15-31-53(54)60-56(61)34-19-35-58(60)63(47-26-10-5-11-27-47)48-28-18-21-43(40-48)50-38-36-42-20-12-13-29-49(42)59(50)44-37-39-52-51-30-14-17-33-55(51)62(57(52)41-44,45-22-6-3-7-23-45)46-24-8-4-9-25-46/h3-19,21-35,37,39-42H,20,36,38H2,1-2H3. The topological polar surface area (TPSA) is 3.24 Å². The van der Waals surface area contributed by atoms with Crippen LogP contribution in [-0.2, 0) is 10.8 Å². The summed E-state index contributed by atoms with van der Waals surface area (Å²) in [6.07, 6.45) is 10.3. The molecule has 0 radical (unpaired) electrons. The van der Waals surface area contributed by atoms with Crippen LogP contribution in [0.4, 0.5) is 17.1 Å². The molecular formula is C62H49N. The van der Waals surface area contributed by atoms with E-state index in [0.29, 0.717) is 5.92 Å². The zero-order valence-electron chi connectivity index (χ0n) is 35.9. The van der Waals surface area contributed by atoms with Gasteiger partial charge in [0.05, 0.1) is 11.1 Å². The molecule has 0 N–H and O–H groups in total. The third-order valence-electron chi connectivity index (χ3n) is 14.6. The Kier molecular flexibility index (Phi) is 8.76. The lowest BCUT2D eigenvalue weighted by molar-refractivity contribution is 0.576. The fraction of sp³-hybridized carbons (Fsp3) is 0.129. The molecule has 1 unspecified atom stereocenters. The van der Waals surface area contributed by atoms with Crippen LogP contribution >= 0.6 is 0 Å². The largest absolute Gasteiger partial charge is 0.310 e. The van der Waals surface area contributed by atoms with Crippen molar-refractivity contribution in [3.63, 3.8) is 0 Å². The summed E-state index contributed by atoms with van der Waals surface area (Å²) in [5.74, 6) is 0.492. The van der Waals surface area contributed by atoms with Gasteiger partial charge >= 0.3 is 0 Å². The molecule has 0 saturated carbocycles. The first-order valence-corrected chi connectivity index (χ1v) is 22.7. The molecule has 0 heterocycles. The van der Waals surface area contributed by atoms with E-state index in [9.17, 15) is 0 Å². The molecule has 0 spiro atoms. The highest BCUT2D eigenvalue weighted by molar-refractivity contribution is 6.02. The van der Waals surface area contributed by atoms with Crippen molar-refractivity contribution in [2.75, 3.05) is 4.90 Å². The summed E-state index contributed by atoms with van der Waals surface area (Å²) in [4.78, 5) is 2.50. The summed E-state index contributed by atoms with van der Waals surface area (Å²) < 4.78 is 0. The van der Waals surface area contributed by atoms with Crippen LogP contribution in [0.3, 0.4) is 0 Å². The molecular weight excluding hydrogens is 759 g/mol. The van der Waals surface area contributed by atoms with Crippen LogP contribution in [0.2, 0.25) is 0 Å². The maximum atomic E-state index is 2.57. The molecule has 1 atom stereocenters. The summed E-state index contributed by atoms with van der Waals surface area (Å²) in [5, 5.41) is 0. The van der Waals surface area contributed by atoms with Crippen molar-refractivity contribution in [2.24, 2.45) is 5.92 Å². The van der Waals surface area contributed by atoms with E-state index in [1.54, 1.807) is 0 Å². The van der Waals surface area contributed by atoms with E-state index in [1.807, 2.05) is 0 Å². The number of rotatable bonds is 7. The number of hydrogen-bond acceptors (Lipinski definition) is 1. The van der Waals surface area contributed by atoms with Crippen LogP contribution in [0, 0.1) is 5.92 Å². The van der Waals surface area contributed by atoms with Gasteiger partial charge in [0.15, 0.2) is 0 Å². The van der Waals surface area contributed by atoms with Crippen molar-refractivity contribution in [3.05, 3.63) is 268 Å². The first-order chi connectivity index (χ1) is 31.0. The van der Waals surface area contributed by atoms with Crippen molar-refractivity contribution in [2.45, 2.75) is 43.9 Å². The van der Waals surface area contributed by atoms with Gasteiger partial charge in [-0.2, -0.15) is 0 Å². The molecule has 4 aliphatic carbocycles. The van der Waals surface area contributed by atoms with Gasteiger partial charge in [-0.3, -0.25) is 0 Å². The van der Waals surface area contributed by atoms with Crippen LogP contribution in [0.5, 0.6) is 0 Å².